The molecule has 4 atom stereocenters. The topological polar surface area (TPSA) is 155 Å². The van der Waals surface area contributed by atoms with E-state index in [-0.39, 0.29) is 31.0 Å². The van der Waals surface area contributed by atoms with Crippen LogP contribution in [0, 0.1) is 5.92 Å². The lowest BCUT2D eigenvalue weighted by Gasteiger charge is -2.23. The van der Waals surface area contributed by atoms with Gasteiger partial charge in [0, 0.05) is 5.92 Å². The molecule has 0 aromatic rings. The maximum Gasteiger partial charge on any atom is 0.325 e. The van der Waals surface area contributed by atoms with Crippen molar-refractivity contribution in [2.45, 2.75) is 43.8 Å². The molecule has 31 heavy (non-hydrogen) atoms. The van der Waals surface area contributed by atoms with Crippen LogP contribution in [0.15, 0.2) is 0 Å². The smallest absolute Gasteiger partial charge is 0.325 e. The normalized spacial score (nSPS) is 25.1. The summed E-state index contributed by atoms with van der Waals surface area (Å²) < 4.78 is 4.41. The summed E-state index contributed by atoms with van der Waals surface area (Å²) in [5, 5.41) is 13.4. The number of nitrogens with one attached hydrogen (secondary N) is 5. The molecule has 2 aliphatic rings. The van der Waals surface area contributed by atoms with Crippen LogP contribution in [-0.2, 0) is 28.7 Å². The number of ether oxygens (including phenoxy) is 1. The molecule has 2 unspecified atom stereocenters. The van der Waals surface area contributed by atoms with Crippen molar-refractivity contribution in [1.29, 1.82) is 0 Å². The van der Waals surface area contributed by atoms with Crippen LogP contribution in [-0.4, -0.2) is 86.0 Å². The van der Waals surface area contributed by atoms with Crippen molar-refractivity contribution in [3.05, 3.63) is 0 Å². The highest BCUT2D eigenvalue weighted by Gasteiger charge is 2.61. The SMILES string of the molecule is COC(=O)CNC(=O)CNC(=O)[C@H](C)NC(=O)C1(NC(=O)[C@@H]2CCCN2)CC1CSC. The predicted molar refractivity (Wildman–Crippen MR) is 114 cm³/mol. The Labute approximate surface area is 185 Å². The first-order valence-corrected chi connectivity index (χ1v) is 11.6. The fourth-order valence-corrected chi connectivity index (χ4v) is 4.26. The van der Waals surface area contributed by atoms with Gasteiger partial charge in [-0.15, -0.1) is 0 Å². The number of esters is 1. The Balaban J connectivity index is 1.86. The summed E-state index contributed by atoms with van der Waals surface area (Å²) in [6, 6.07) is -1.21. The van der Waals surface area contributed by atoms with Crippen LogP contribution in [0.4, 0.5) is 0 Å². The Hall–Kier alpha value is -2.34. The van der Waals surface area contributed by atoms with Crippen LogP contribution in [0.5, 0.6) is 0 Å². The van der Waals surface area contributed by atoms with E-state index in [0.717, 1.165) is 19.4 Å². The first-order valence-electron chi connectivity index (χ1n) is 10.2. The van der Waals surface area contributed by atoms with Gasteiger partial charge >= 0.3 is 5.97 Å². The molecule has 12 heteroatoms. The van der Waals surface area contributed by atoms with Gasteiger partial charge in [0.1, 0.15) is 18.1 Å². The molecule has 0 aromatic carbocycles. The molecule has 0 radical (unpaired) electrons. The maximum absolute atomic E-state index is 13.0. The van der Waals surface area contributed by atoms with Gasteiger partial charge < -0.3 is 31.3 Å². The van der Waals surface area contributed by atoms with Crippen molar-refractivity contribution in [2.24, 2.45) is 5.92 Å². The Morgan fingerprint density at radius 2 is 1.94 bits per heavy atom. The van der Waals surface area contributed by atoms with E-state index in [1.165, 1.54) is 14.0 Å². The molecule has 0 spiro atoms. The summed E-state index contributed by atoms with van der Waals surface area (Å²) in [5.41, 5.74) is -1.02. The zero-order valence-corrected chi connectivity index (χ0v) is 18.9. The molecule has 0 bridgehead atoms. The third kappa shape index (κ3) is 6.82. The van der Waals surface area contributed by atoms with Crippen molar-refractivity contribution in [3.63, 3.8) is 0 Å². The lowest BCUT2D eigenvalue weighted by atomic mass is 10.1. The van der Waals surface area contributed by atoms with E-state index in [9.17, 15) is 24.0 Å². The monoisotopic (exact) mass is 457 g/mol. The predicted octanol–water partition coefficient (Wildman–Crippen LogP) is -2.11. The van der Waals surface area contributed by atoms with E-state index in [1.54, 1.807) is 11.8 Å². The molecule has 1 aliphatic carbocycles. The zero-order valence-electron chi connectivity index (χ0n) is 18.0. The third-order valence-corrected chi connectivity index (χ3v) is 6.16. The van der Waals surface area contributed by atoms with E-state index in [4.69, 9.17) is 0 Å². The summed E-state index contributed by atoms with van der Waals surface area (Å²) in [5.74, 6) is -1.62. The average Bonchev–Trinajstić information content (AvgIpc) is 3.16. The Morgan fingerprint density at radius 3 is 2.55 bits per heavy atom. The summed E-state index contributed by atoms with van der Waals surface area (Å²) in [6.45, 7) is 1.63. The van der Waals surface area contributed by atoms with Crippen molar-refractivity contribution < 1.29 is 28.7 Å². The summed E-state index contributed by atoms with van der Waals surface area (Å²) in [6.07, 6.45) is 4.09. The third-order valence-electron chi connectivity index (χ3n) is 5.42. The van der Waals surface area contributed by atoms with E-state index in [1.807, 2.05) is 6.26 Å². The molecular formula is C19H31N5O6S. The number of rotatable bonds is 11. The molecular weight excluding hydrogens is 426 g/mol. The van der Waals surface area contributed by atoms with Crippen LogP contribution in [0.2, 0.25) is 0 Å². The van der Waals surface area contributed by atoms with Gasteiger partial charge in [0.15, 0.2) is 0 Å². The lowest BCUT2D eigenvalue weighted by Crippen LogP contribution is -2.58. The second-order valence-corrected chi connectivity index (χ2v) is 8.64. The summed E-state index contributed by atoms with van der Waals surface area (Å²) >= 11 is 1.59. The molecule has 1 heterocycles. The van der Waals surface area contributed by atoms with Gasteiger partial charge in [-0.1, -0.05) is 0 Å². The van der Waals surface area contributed by atoms with Crippen molar-refractivity contribution >= 4 is 41.4 Å². The highest BCUT2D eigenvalue weighted by atomic mass is 32.2. The number of thioether (sulfide) groups is 1. The van der Waals surface area contributed by atoms with E-state index in [0.29, 0.717) is 12.2 Å². The number of carbonyl (C=O) groups excluding carboxylic acids is 5. The fourth-order valence-electron chi connectivity index (χ4n) is 3.45. The van der Waals surface area contributed by atoms with E-state index < -0.39 is 35.3 Å². The van der Waals surface area contributed by atoms with Crippen LogP contribution in [0.25, 0.3) is 0 Å². The van der Waals surface area contributed by atoms with Crippen LogP contribution >= 0.6 is 11.8 Å². The molecule has 2 fully saturated rings. The molecule has 5 N–H and O–H groups in total. The van der Waals surface area contributed by atoms with Crippen molar-refractivity contribution in [2.75, 3.05) is 38.8 Å². The van der Waals surface area contributed by atoms with E-state index >= 15 is 0 Å². The fraction of sp³-hybridized carbons (Fsp3) is 0.737. The largest absolute Gasteiger partial charge is 0.468 e. The summed E-state index contributed by atoms with van der Waals surface area (Å²) in [7, 11) is 1.20. The Kier molecular flexibility index (Phi) is 9.11. The average molecular weight is 458 g/mol. The zero-order chi connectivity index (χ0) is 23.0. The minimum atomic E-state index is -1.02. The van der Waals surface area contributed by atoms with Gasteiger partial charge in [-0.25, -0.2) is 0 Å². The van der Waals surface area contributed by atoms with E-state index in [2.05, 4.69) is 31.3 Å². The maximum atomic E-state index is 13.0. The molecule has 1 saturated carbocycles. The molecule has 1 saturated heterocycles. The van der Waals surface area contributed by atoms with Crippen molar-refractivity contribution in [1.82, 2.24) is 26.6 Å². The minimum absolute atomic E-state index is 0.00721. The first-order chi connectivity index (χ1) is 14.7. The number of amides is 4. The number of hydrogen-bond acceptors (Lipinski definition) is 8. The van der Waals surface area contributed by atoms with Crippen LogP contribution in [0.1, 0.15) is 26.2 Å². The molecule has 0 aromatic heterocycles. The Morgan fingerprint density at radius 1 is 1.19 bits per heavy atom. The highest BCUT2D eigenvalue weighted by Crippen LogP contribution is 2.45. The number of hydrogen-bond donors (Lipinski definition) is 5. The molecule has 174 valence electrons. The quantitative estimate of drug-likeness (QED) is 0.221. The Bertz CT molecular complexity index is 714. The van der Waals surface area contributed by atoms with Gasteiger partial charge in [0.25, 0.3) is 0 Å². The summed E-state index contributed by atoms with van der Waals surface area (Å²) in [4.78, 5) is 60.5. The van der Waals surface area contributed by atoms with Gasteiger partial charge in [0.2, 0.25) is 23.6 Å². The first kappa shape index (κ1) is 24.9. The molecule has 11 nitrogen and oxygen atoms in total. The lowest BCUT2D eigenvalue weighted by molar-refractivity contribution is -0.141. The second-order valence-electron chi connectivity index (χ2n) is 7.73. The van der Waals surface area contributed by atoms with Gasteiger partial charge in [-0.2, -0.15) is 11.8 Å². The highest BCUT2D eigenvalue weighted by molar-refractivity contribution is 7.98. The molecule has 4 amide bonds. The minimum Gasteiger partial charge on any atom is -0.468 e. The van der Waals surface area contributed by atoms with Crippen LogP contribution < -0.4 is 26.6 Å². The standard InChI is InChI=1S/C19H31N5O6S/c1-11(16(27)22-8-14(25)21-9-15(26)30-2)23-18(29)19(7-12(19)10-31-3)24-17(28)13-5-4-6-20-13/h11-13,20H,4-10H2,1-3H3,(H,21,25)(H,22,27)(H,23,29)(H,24,28)/t11-,12?,13-,19?/m0/s1. The van der Waals surface area contributed by atoms with Gasteiger partial charge in [-0.05, 0) is 44.7 Å². The number of methoxy groups -OCH3 is 1. The van der Waals surface area contributed by atoms with Gasteiger partial charge in [0.05, 0.1) is 19.7 Å². The molecule has 2 rings (SSSR count). The van der Waals surface area contributed by atoms with Crippen LogP contribution in [0.3, 0.4) is 0 Å². The second kappa shape index (κ2) is 11.3. The van der Waals surface area contributed by atoms with Crippen molar-refractivity contribution in [3.8, 4) is 0 Å². The number of carbonyl (C=O) groups is 5. The molecule has 1 aliphatic heterocycles. The van der Waals surface area contributed by atoms with Gasteiger partial charge in [-0.3, -0.25) is 24.0 Å².